The number of alkyl halides is 3. The van der Waals surface area contributed by atoms with Gasteiger partial charge in [-0.05, 0) is 35.4 Å². The normalized spacial score (nSPS) is 13.6. The van der Waals surface area contributed by atoms with Crippen molar-refractivity contribution in [2.24, 2.45) is 0 Å². The highest BCUT2D eigenvalue weighted by atomic mass is 32.2. The lowest BCUT2D eigenvalue weighted by Gasteiger charge is -2.03. The largest absolute Gasteiger partial charge is 0.612 e. The van der Waals surface area contributed by atoms with Gasteiger partial charge in [-0.25, -0.2) is 0 Å². The van der Waals surface area contributed by atoms with Crippen molar-refractivity contribution in [2.45, 2.75) is 11.1 Å². The van der Waals surface area contributed by atoms with Gasteiger partial charge in [0.2, 0.25) is 5.82 Å². The summed E-state index contributed by atoms with van der Waals surface area (Å²) in [5.41, 5.74) is 0.364. The number of hydrogen-bond acceptors (Lipinski definition) is 4. The van der Waals surface area contributed by atoms with E-state index in [1.54, 1.807) is 0 Å². The van der Waals surface area contributed by atoms with Crippen LogP contribution in [0.15, 0.2) is 33.7 Å². The third-order valence-corrected chi connectivity index (χ3v) is 3.05. The van der Waals surface area contributed by atoms with Gasteiger partial charge in [0.05, 0.1) is 0 Å². The highest BCUT2D eigenvalue weighted by molar-refractivity contribution is 7.90. The fraction of sp³-hybridized carbons (Fsp3) is 0.200. The number of rotatable bonds is 2. The molecular formula is C10H7F3N2O2S. The summed E-state index contributed by atoms with van der Waals surface area (Å²) in [6.07, 6.45) is -3.15. The first-order valence-electron chi connectivity index (χ1n) is 4.72. The average molecular weight is 276 g/mol. The van der Waals surface area contributed by atoms with Crippen molar-refractivity contribution < 1.29 is 22.2 Å². The first-order valence-corrected chi connectivity index (χ1v) is 6.28. The Labute approximate surface area is 103 Å². The van der Waals surface area contributed by atoms with Crippen LogP contribution in [-0.2, 0) is 17.4 Å². The van der Waals surface area contributed by atoms with E-state index >= 15 is 0 Å². The van der Waals surface area contributed by atoms with Gasteiger partial charge in [0, 0.05) is 5.56 Å². The van der Waals surface area contributed by atoms with Crippen LogP contribution in [0.1, 0.15) is 5.89 Å². The van der Waals surface area contributed by atoms with Crippen LogP contribution in [0.4, 0.5) is 13.2 Å². The standard InChI is InChI=1S/C10H7F3N2O2S/c1-18(16)7-4-2-6(3-5-7)8-14-9(17-15-8)10(11,12)13/h2-5H,1H3. The Balaban J connectivity index is 2.29. The molecular weight excluding hydrogens is 269 g/mol. The van der Waals surface area contributed by atoms with Gasteiger partial charge in [-0.1, -0.05) is 5.16 Å². The Morgan fingerprint density at radius 2 is 1.83 bits per heavy atom. The average Bonchev–Trinajstić information content (AvgIpc) is 2.78. The van der Waals surface area contributed by atoms with Crippen LogP contribution in [0.2, 0.25) is 0 Å². The monoisotopic (exact) mass is 276 g/mol. The first kappa shape index (κ1) is 12.9. The van der Waals surface area contributed by atoms with Gasteiger partial charge in [0.15, 0.2) is 4.90 Å². The number of aromatic nitrogens is 2. The zero-order chi connectivity index (χ0) is 13.3. The van der Waals surface area contributed by atoms with E-state index in [4.69, 9.17) is 0 Å². The summed E-state index contributed by atoms with van der Waals surface area (Å²) in [6.45, 7) is 0. The number of halogens is 3. The minimum atomic E-state index is -4.66. The second-order valence-electron chi connectivity index (χ2n) is 3.40. The number of nitrogens with zero attached hydrogens (tertiary/aromatic N) is 2. The number of benzene rings is 1. The zero-order valence-corrected chi connectivity index (χ0v) is 9.88. The van der Waals surface area contributed by atoms with Crippen LogP contribution in [0.25, 0.3) is 11.4 Å². The Hall–Kier alpha value is -1.54. The predicted molar refractivity (Wildman–Crippen MR) is 57.1 cm³/mol. The first-order chi connectivity index (χ1) is 8.38. The fourth-order valence-corrected chi connectivity index (χ4v) is 1.77. The second kappa shape index (κ2) is 4.62. The molecule has 1 atom stereocenters. The molecule has 0 fully saturated rings. The molecule has 0 spiro atoms. The van der Waals surface area contributed by atoms with E-state index in [0.29, 0.717) is 10.5 Å². The molecule has 0 aliphatic heterocycles. The third-order valence-electron chi connectivity index (χ3n) is 2.11. The maximum Gasteiger partial charge on any atom is 0.471 e. The highest BCUT2D eigenvalue weighted by Gasteiger charge is 2.38. The summed E-state index contributed by atoms with van der Waals surface area (Å²) in [4.78, 5) is 3.82. The fourth-order valence-electron chi connectivity index (χ4n) is 1.25. The van der Waals surface area contributed by atoms with Crippen LogP contribution < -0.4 is 0 Å². The van der Waals surface area contributed by atoms with Crippen molar-refractivity contribution in [3.63, 3.8) is 0 Å². The smallest absolute Gasteiger partial charge is 0.471 e. The van der Waals surface area contributed by atoms with E-state index in [2.05, 4.69) is 14.7 Å². The van der Waals surface area contributed by atoms with Gasteiger partial charge in [-0.15, -0.1) is 0 Å². The van der Waals surface area contributed by atoms with Crippen molar-refractivity contribution in [3.8, 4) is 11.4 Å². The molecule has 0 aliphatic rings. The van der Waals surface area contributed by atoms with Crippen molar-refractivity contribution >= 4 is 11.2 Å². The molecule has 18 heavy (non-hydrogen) atoms. The van der Waals surface area contributed by atoms with E-state index < -0.39 is 23.2 Å². The van der Waals surface area contributed by atoms with Gasteiger partial charge in [0.1, 0.15) is 6.26 Å². The van der Waals surface area contributed by atoms with Gasteiger partial charge in [0.25, 0.3) is 0 Å². The van der Waals surface area contributed by atoms with Crippen molar-refractivity contribution in [2.75, 3.05) is 6.26 Å². The summed E-state index contributed by atoms with van der Waals surface area (Å²) < 4.78 is 52.0. The molecule has 96 valence electrons. The molecule has 0 N–H and O–H groups in total. The van der Waals surface area contributed by atoms with Crippen LogP contribution in [0.5, 0.6) is 0 Å². The van der Waals surface area contributed by atoms with Gasteiger partial charge < -0.3 is 9.08 Å². The molecule has 1 aromatic heterocycles. The summed E-state index contributed by atoms with van der Waals surface area (Å²) in [5, 5.41) is 3.25. The van der Waals surface area contributed by atoms with Crippen molar-refractivity contribution in [1.82, 2.24) is 10.1 Å². The van der Waals surface area contributed by atoms with E-state index in [1.807, 2.05) is 0 Å². The molecule has 0 saturated carbocycles. The summed E-state index contributed by atoms with van der Waals surface area (Å²) >= 11 is -1.15. The Morgan fingerprint density at radius 1 is 1.22 bits per heavy atom. The molecule has 4 nitrogen and oxygen atoms in total. The molecule has 1 unspecified atom stereocenters. The second-order valence-corrected chi connectivity index (χ2v) is 4.78. The quantitative estimate of drug-likeness (QED) is 0.791. The lowest BCUT2D eigenvalue weighted by molar-refractivity contribution is -0.159. The Morgan fingerprint density at radius 3 is 2.28 bits per heavy atom. The van der Waals surface area contributed by atoms with Crippen LogP contribution in [0, 0.1) is 0 Å². The lowest BCUT2D eigenvalue weighted by atomic mass is 10.2. The lowest BCUT2D eigenvalue weighted by Crippen LogP contribution is -2.04. The summed E-state index contributed by atoms with van der Waals surface area (Å²) in [7, 11) is 0. The molecule has 2 aromatic rings. The van der Waals surface area contributed by atoms with Gasteiger partial charge >= 0.3 is 12.1 Å². The van der Waals surface area contributed by atoms with E-state index in [1.165, 1.54) is 30.5 Å². The number of hydrogen-bond donors (Lipinski definition) is 0. The van der Waals surface area contributed by atoms with Gasteiger partial charge in [-0.2, -0.15) is 18.2 Å². The molecule has 0 saturated heterocycles. The van der Waals surface area contributed by atoms with E-state index in [9.17, 15) is 17.7 Å². The minimum Gasteiger partial charge on any atom is -0.612 e. The van der Waals surface area contributed by atoms with Crippen molar-refractivity contribution in [3.05, 3.63) is 30.2 Å². The van der Waals surface area contributed by atoms with E-state index in [-0.39, 0.29) is 5.82 Å². The zero-order valence-electron chi connectivity index (χ0n) is 9.06. The van der Waals surface area contributed by atoms with Crippen LogP contribution in [0.3, 0.4) is 0 Å². The molecule has 0 bridgehead atoms. The molecule has 8 heteroatoms. The van der Waals surface area contributed by atoms with Gasteiger partial charge in [-0.3, -0.25) is 0 Å². The van der Waals surface area contributed by atoms with Crippen molar-refractivity contribution in [1.29, 1.82) is 0 Å². The summed E-state index contributed by atoms with van der Waals surface area (Å²) in [5.74, 6) is -1.54. The Bertz CT molecular complexity index is 537. The molecule has 0 radical (unpaired) electrons. The molecule has 2 rings (SSSR count). The molecule has 1 aromatic carbocycles. The maximum atomic E-state index is 12.3. The van der Waals surface area contributed by atoms with Crippen LogP contribution >= 0.6 is 0 Å². The Kier molecular flexibility index (Phi) is 3.31. The maximum absolute atomic E-state index is 12.3. The molecule has 1 heterocycles. The minimum absolute atomic E-state index is 0.157. The van der Waals surface area contributed by atoms with E-state index in [0.717, 1.165) is 0 Å². The highest BCUT2D eigenvalue weighted by Crippen LogP contribution is 2.29. The molecule has 0 amide bonds. The third kappa shape index (κ3) is 2.65. The van der Waals surface area contributed by atoms with Crippen LogP contribution in [-0.4, -0.2) is 20.9 Å². The molecule has 0 aliphatic carbocycles. The SMILES string of the molecule is C[S+]([O-])c1ccc(-c2noc(C(F)(F)F)n2)cc1. The topological polar surface area (TPSA) is 62.0 Å². The predicted octanol–water partition coefficient (Wildman–Crippen LogP) is 2.49. The summed E-state index contributed by atoms with van der Waals surface area (Å²) in [6, 6.07) is 6.05.